The van der Waals surface area contributed by atoms with E-state index in [9.17, 15) is 28.4 Å². The number of thiazole rings is 1. The van der Waals surface area contributed by atoms with Gasteiger partial charge in [-0.2, -0.15) is 0 Å². The fraction of sp³-hybridized carbons (Fsp3) is 0.164. The molecule has 0 unspecified atom stereocenters. The van der Waals surface area contributed by atoms with Crippen molar-refractivity contribution in [2.75, 3.05) is 26.4 Å². The van der Waals surface area contributed by atoms with Crippen molar-refractivity contribution in [2.24, 2.45) is 14.1 Å². The first-order chi connectivity index (χ1) is 36.6. The van der Waals surface area contributed by atoms with Crippen molar-refractivity contribution in [1.82, 2.24) is 14.1 Å². The number of thioether (sulfide) groups is 1. The Morgan fingerprint density at radius 2 is 1.26 bits per heavy atom. The van der Waals surface area contributed by atoms with E-state index in [2.05, 4.69) is 11.6 Å². The minimum Gasteiger partial charge on any atom is -0.490 e. The molecule has 4 heterocycles. The maximum absolute atomic E-state index is 13.9. The maximum atomic E-state index is 13.9. The number of para-hydroxylation sites is 2. The van der Waals surface area contributed by atoms with Gasteiger partial charge in [0.05, 0.1) is 42.9 Å². The summed E-state index contributed by atoms with van der Waals surface area (Å²) in [5.74, 6) is 1.24. The van der Waals surface area contributed by atoms with Gasteiger partial charge in [-0.15, -0.1) is 11.3 Å². The van der Waals surface area contributed by atoms with Gasteiger partial charge in [0, 0.05) is 36.0 Å². The number of aryl methyl sites for hydroxylation is 4. The monoisotopic (exact) mass is 1050 g/mol. The number of hydrogen-bond acceptors (Lipinski definition) is 11. The summed E-state index contributed by atoms with van der Waals surface area (Å²) in [4.78, 5) is 65.5. The minimum absolute atomic E-state index is 0.0381. The van der Waals surface area contributed by atoms with Crippen molar-refractivity contribution in [3.05, 3.63) is 212 Å². The van der Waals surface area contributed by atoms with Crippen LogP contribution < -0.4 is 44.6 Å². The van der Waals surface area contributed by atoms with Gasteiger partial charge in [0.2, 0.25) is 16.0 Å². The van der Waals surface area contributed by atoms with Crippen molar-refractivity contribution in [3.63, 3.8) is 0 Å². The third-order valence-electron chi connectivity index (χ3n) is 12.8. The summed E-state index contributed by atoms with van der Waals surface area (Å²) in [6.07, 6.45) is 1.68. The topological polar surface area (TPSA) is 148 Å². The Morgan fingerprint density at radius 3 is 1.86 bits per heavy atom. The summed E-state index contributed by atoms with van der Waals surface area (Å²) in [5, 5.41) is 1.01. The van der Waals surface area contributed by atoms with Crippen molar-refractivity contribution in [1.29, 1.82) is 0 Å². The van der Waals surface area contributed by atoms with Crippen LogP contribution in [0.3, 0.4) is 0 Å². The number of fused-ring (bicyclic) bond motifs is 2. The molecular formula is C61H52FN3O9S2. The summed E-state index contributed by atoms with van der Waals surface area (Å²) >= 11 is 2.31. The molecule has 76 heavy (non-hydrogen) atoms. The first-order valence-electron chi connectivity index (χ1n) is 24.3. The largest absolute Gasteiger partial charge is 0.490 e. The molecule has 1 aliphatic heterocycles. The second-order valence-corrected chi connectivity index (χ2v) is 20.2. The Morgan fingerprint density at radius 1 is 0.671 bits per heavy atom. The molecule has 10 rings (SSSR count). The quantitative estimate of drug-likeness (QED) is 0.0634. The number of carbonyl (C=O) groups is 2. The molecule has 0 bridgehead atoms. The zero-order valence-electron chi connectivity index (χ0n) is 42.4. The van der Waals surface area contributed by atoms with Crippen LogP contribution >= 0.6 is 23.1 Å². The number of ether oxygens (including phenoxy) is 4. The first kappa shape index (κ1) is 52.3. The van der Waals surface area contributed by atoms with Crippen LogP contribution in [0.15, 0.2) is 159 Å². The smallest absolute Gasteiger partial charge is 0.266 e. The predicted octanol–water partition coefficient (Wildman–Crippen LogP) is 10.0. The summed E-state index contributed by atoms with van der Waals surface area (Å²) in [6, 6.07) is 42.0. The van der Waals surface area contributed by atoms with Gasteiger partial charge in [0.25, 0.3) is 5.56 Å². The molecule has 0 aliphatic carbocycles. The number of halogens is 1. The van der Waals surface area contributed by atoms with Gasteiger partial charge in [-0.25, -0.2) is 4.39 Å². The average molecular weight is 1050 g/mol. The lowest BCUT2D eigenvalue weighted by atomic mass is 10.0. The Balaban J connectivity index is 0.000000186. The van der Waals surface area contributed by atoms with E-state index >= 15 is 0 Å². The normalized spacial score (nSPS) is 13.2. The lowest BCUT2D eigenvalue weighted by Gasteiger charge is -2.19. The third-order valence-corrected chi connectivity index (χ3v) is 14.8. The van der Waals surface area contributed by atoms with E-state index in [0.29, 0.717) is 58.9 Å². The number of rotatable bonds is 14. The van der Waals surface area contributed by atoms with Gasteiger partial charge in [-0.05, 0) is 128 Å². The van der Waals surface area contributed by atoms with E-state index in [1.165, 1.54) is 23.5 Å². The molecule has 384 valence electrons. The number of allylic oxidation sites excluding steroid dienone is 1. The van der Waals surface area contributed by atoms with Gasteiger partial charge in [0.15, 0.2) is 17.3 Å². The van der Waals surface area contributed by atoms with Crippen LogP contribution in [0.2, 0.25) is 0 Å². The van der Waals surface area contributed by atoms with Crippen LogP contribution in [0.1, 0.15) is 35.6 Å². The number of pyridine rings is 2. The van der Waals surface area contributed by atoms with Gasteiger partial charge < -0.3 is 33.1 Å². The Hall–Kier alpha value is -8.53. The molecule has 0 atom stereocenters. The van der Waals surface area contributed by atoms with Crippen molar-refractivity contribution < 1.29 is 32.9 Å². The molecule has 0 radical (unpaired) electrons. The number of nitrogens with one attached hydrogen (secondary N) is 1. The van der Waals surface area contributed by atoms with Gasteiger partial charge >= 0.3 is 0 Å². The molecule has 1 fully saturated rings. The number of carbonyl (C=O) groups excluding carboxylic acids is 2. The van der Waals surface area contributed by atoms with Gasteiger partial charge in [0.1, 0.15) is 43.7 Å². The highest BCUT2D eigenvalue weighted by Crippen LogP contribution is 2.35. The van der Waals surface area contributed by atoms with Gasteiger partial charge in [-0.1, -0.05) is 84.9 Å². The molecule has 1 aliphatic rings. The zero-order valence-corrected chi connectivity index (χ0v) is 44.0. The fourth-order valence-corrected chi connectivity index (χ4v) is 10.6. The Kier molecular flexibility index (Phi) is 15.8. The van der Waals surface area contributed by atoms with E-state index in [0.717, 1.165) is 56.3 Å². The summed E-state index contributed by atoms with van der Waals surface area (Å²) < 4.78 is 42.9. The van der Waals surface area contributed by atoms with Gasteiger partial charge in [-0.3, -0.25) is 24.0 Å². The highest BCUT2D eigenvalue weighted by atomic mass is 32.2. The standard InChI is InChI=1S/C31H27FN2O4S.C30H25NO5S/c1-18-16-22(32)12-13-24(18)27-29(28(35)25-10-5-6-11-26(25)34(27)4)38-15-14-37-23-9-7-8-21(17-23)19(2)30-31(36)33-20(3)39-30;1-19-7-11-21(12-8-19)28-30(29(34)23-5-3-4-6-24(23)31(28)2)36-16-15-35-22-13-9-20(10-14-22)17-26-25(32)18-27(33)37-26/h5-13,16-17H,3,14-15H2,1-2,4H3,(H,33,36);3-14,17H,15-16,18H2,1-2H3/b30-19+;26-17-. The molecule has 1 saturated heterocycles. The number of H-pyrrole nitrogens is 1. The first-order valence-corrected chi connectivity index (χ1v) is 25.9. The summed E-state index contributed by atoms with van der Waals surface area (Å²) in [5.41, 5.74) is 8.29. The molecule has 9 aromatic rings. The fourth-order valence-electron chi connectivity index (χ4n) is 8.96. The molecule has 0 spiro atoms. The zero-order chi connectivity index (χ0) is 53.6. The Bertz CT molecular complexity index is 4050. The number of aromatic amines is 1. The van der Waals surface area contributed by atoms with Crippen LogP contribution in [-0.4, -0.2) is 51.4 Å². The number of benzene rings is 6. The summed E-state index contributed by atoms with van der Waals surface area (Å²) in [7, 11) is 3.80. The van der Waals surface area contributed by atoms with E-state index in [1.807, 2.05) is 140 Å². The maximum Gasteiger partial charge on any atom is 0.266 e. The number of aromatic nitrogens is 3. The second kappa shape index (κ2) is 22.9. The summed E-state index contributed by atoms with van der Waals surface area (Å²) in [6.45, 7) is 10.2. The number of ketones is 1. The molecule has 0 amide bonds. The van der Waals surface area contributed by atoms with E-state index in [-0.39, 0.29) is 71.7 Å². The van der Waals surface area contributed by atoms with Crippen LogP contribution in [0, 0.1) is 19.7 Å². The third kappa shape index (κ3) is 11.4. The molecular weight excluding hydrogens is 1000 g/mol. The van der Waals surface area contributed by atoms with E-state index in [1.54, 1.807) is 37.3 Å². The van der Waals surface area contributed by atoms with Crippen LogP contribution in [0.5, 0.6) is 23.0 Å². The van der Waals surface area contributed by atoms with Crippen LogP contribution in [-0.2, 0) is 23.7 Å². The highest BCUT2D eigenvalue weighted by Gasteiger charge is 2.26. The molecule has 1 N–H and O–H groups in total. The van der Waals surface area contributed by atoms with Crippen molar-refractivity contribution in [2.45, 2.75) is 27.2 Å². The number of hydrogen-bond donors (Lipinski definition) is 1. The molecule has 3 aromatic heterocycles. The Labute approximate surface area is 444 Å². The van der Waals surface area contributed by atoms with Crippen molar-refractivity contribution in [3.8, 4) is 45.5 Å². The van der Waals surface area contributed by atoms with Crippen molar-refractivity contribution >= 4 is 74.0 Å². The predicted molar refractivity (Wildman–Crippen MR) is 302 cm³/mol. The molecule has 15 heteroatoms. The molecule has 0 saturated carbocycles. The SMILES string of the molecule is C=c1[nH]c(=O)/c(=C(/C)c2cccc(OCCOc3c(-c4ccc(F)cc4C)n(C)c4ccccc4c3=O)c2)s1.Cc1ccc(-c2c(OCCOc3ccc(/C=C4\SC(=O)CC4=O)cc3)c(=O)c3ccccc3n2C)cc1. The highest BCUT2D eigenvalue weighted by molar-refractivity contribution is 8.18. The van der Waals surface area contributed by atoms with Crippen LogP contribution in [0.25, 0.3) is 62.5 Å². The lowest BCUT2D eigenvalue weighted by molar-refractivity contribution is -0.119. The minimum atomic E-state index is -0.344. The number of Topliss-reactive ketones (excluding diaryl/α,β-unsaturated/α-hetero) is 1. The lowest BCUT2D eigenvalue weighted by Crippen LogP contribution is -2.22. The average Bonchev–Trinajstić information content (AvgIpc) is 3.98. The van der Waals surface area contributed by atoms with E-state index < -0.39 is 0 Å². The molecule has 12 nitrogen and oxygen atoms in total. The van der Waals surface area contributed by atoms with E-state index in [4.69, 9.17) is 18.9 Å². The van der Waals surface area contributed by atoms with Crippen LogP contribution in [0.4, 0.5) is 4.39 Å². The molecule has 6 aromatic carbocycles. The second-order valence-electron chi connectivity index (χ2n) is 18.0. The number of nitrogens with zero attached hydrogens (tertiary/aromatic N) is 2.